The van der Waals surface area contributed by atoms with Crippen molar-refractivity contribution in [2.24, 2.45) is 5.90 Å². The Balaban J connectivity index is 1.95. The lowest BCUT2D eigenvalue weighted by Crippen LogP contribution is -2.59. The molecule has 0 amide bonds. The van der Waals surface area contributed by atoms with Crippen LogP contribution < -0.4 is 5.90 Å². The second kappa shape index (κ2) is 7.82. The van der Waals surface area contributed by atoms with Crippen molar-refractivity contribution < 1.29 is 22.4 Å². The first-order valence-corrected chi connectivity index (χ1v) is 11.0. The molecule has 1 aliphatic heterocycles. The fraction of sp³-hybridized carbons (Fsp3) is 0.316. The normalized spacial score (nSPS) is 19.9. The maximum atomic E-state index is 13.2. The third-order valence-corrected chi connectivity index (χ3v) is 7.94. The Morgan fingerprint density at radius 1 is 1.14 bits per heavy atom. The van der Waals surface area contributed by atoms with Gasteiger partial charge in [-0.2, -0.15) is 22.0 Å². The summed E-state index contributed by atoms with van der Waals surface area (Å²) in [5.74, 6) is 4.48. The highest BCUT2D eigenvalue weighted by atomic mass is 32.2. The van der Waals surface area contributed by atoms with Crippen LogP contribution in [0.25, 0.3) is 11.1 Å². The summed E-state index contributed by atoms with van der Waals surface area (Å²) in [6.07, 6.45) is 0. The molecule has 9 heteroatoms. The smallest absolute Gasteiger partial charge is 0.344 e. The largest absolute Gasteiger partial charge is 0.372 e. The molecule has 3 rings (SSSR count). The van der Waals surface area contributed by atoms with E-state index in [1.165, 1.54) is 36.0 Å². The summed E-state index contributed by atoms with van der Waals surface area (Å²) >= 11 is 1.49. The summed E-state index contributed by atoms with van der Waals surface area (Å²) in [6, 6.07) is 11.2. The standard InChI is InChI=1S/C19H21FN2O4S2/c1-19(2)17(18(23)26-21)22(11-12-27-19)28(24,25)16-9-5-14(6-10-16)13-3-7-15(20)8-4-13/h3-10,17H,11-12,21H2,1-2H3/t17-/m0/s1. The van der Waals surface area contributed by atoms with Crippen LogP contribution in [-0.4, -0.2) is 41.8 Å². The lowest BCUT2D eigenvalue weighted by Gasteiger charge is -2.42. The summed E-state index contributed by atoms with van der Waals surface area (Å²) in [7, 11) is -3.94. The molecule has 1 saturated heterocycles. The number of rotatable bonds is 4. The third kappa shape index (κ3) is 3.93. The van der Waals surface area contributed by atoms with Crippen LogP contribution in [0.3, 0.4) is 0 Å². The highest BCUT2D eigenvalue weighted by molar-refractivity contribution is 8.00. The fourth-order valence-electron chi connectivity index (χ4n) is 3.28. The molecule has 0 aromatic heterocycles. The van der Waals surface area contributed by atoms with Crippen LogP contribution in [-0.2, 0) is 19.7 Å². The van der Waals surface area contributed by atoms with Crippen LogP contribution in [0.15, 0.2) is 53.4 Å². The van der Waals surface area contributed by atoms with E-state index in [4.69, 9.17) is 5.90 Å². The average molecular weight is 425 g/mol. The third-order valence-electron chi connectivity index (χ3n) is 4.71. The molecule has 2 aromatic carbocycles. The molecular formula is C19H21FN2O4S2. The maximum absolute atomic E-state index is 13.2. The van der Waals surface area contributed by atoms with Gasteiger partial charge in [-0.15, -0.1) is 0 Å². The number of sulfonamides is 1. The van der Waals surface area contributed by atoms with Crippen molar-refractivity contribution in [1.82, 2.24) is 4.31 Å². The average Bonchev–Trinajstić information content (AvgIpc) is 2.67. The van der Waals surface area contributed by atoms with Crippen LogP contribution in [0.1, 0.15) is 13.8 Å². The number of thioether (sulfide) groups is 1. The summed E-state index contributed by atoms with van der Waals surface area (Å²) in [6.45, 7) is 3.76. The van der Waals surface area contributed by atoms with Crippen LogP contribution >= 0.6 is 11.8 Å². The number of carbonyl (C=O) groups excluding carboxylic acids is 1. The molecule has 1 aliphatic rings. The molecule has 2 N–H and O–H groups in total. The van der Waals surface area contributed by atoms with Crippen LogP contribution in [0.5, 0.6) is 0 Å². The molecule has 0 radical (unpaired) electrons. The molecule has 1 fully saturated rings. The number of hydrogen-bond donors (Lipinski definition) is 1. The van der Waals surface area contributed by atoms with Gasteiger partial charge in [-0.1, -0.05) is 24.3 Å². The molecule has 1 atom stereocenters. The first kappa shape index (κ1) is 20.8. The van der Waals surface area contributed by atoms with Crippen molar-refractivity contribution in [3.05, 3.63) is 54.3 Å². The minimum Gasteiger partial charge on any atom is -0.372 e. The number of nitrogens with two attached hydrogens (primary N) is 1. The Hall–Kier alpha value is -1.94. The number of benzene rings is 2. The Bertz CT molecular complexity index is 960. The number of carbonyl (C=O) groups is 1. The lowest BCUT2D eigenvalue weighted by atomic mass is 10.0. The predicted octanol–water partition coefficient (Wildman–Crippen LogP) is 2.79. The zero-order valence-electron chi connectivity index (χ0n) is 15.5. The van der Waals surface area contributed by atoms with Gasteiger partial charge in [0, 0.05) is 17.0 Å². The SMILES string of the molecule is CC1(C)SCCN(S(=O)(=O)c2ccc(-c3ccc(F)cc3)cc2)[C@H]1C(=O)ON. The van der Waals surface area contributed by atoms with Crippen molar-refractivity contribution in [2.75, 3.05) is 12.3 Å². The maximum Gasteiger partial charge on any atom is 0.344 e. The number of nitrogens with zero attached hydrogens (tertiary/aromatic N) is 1. The molecular weight excluding hydrogens is 403 g/mol. The van der Waals surface area contributed by atoms with Gasteiger partial charge in [0.2, 0.25) is 10.0 Å². The van der Waals surface area contributed by atoms with Gasteiger partial charge in [0.15, 0.2) is 0 Å². The predicted molar refractivity (Wildman–Crippen MR) is 106 cm³/mol. The molecule has 150 valence electrons. The van der Waals surface area contributed by atoms with Gasteiger partial charge in [-0.25, -0.2) is 17.6 Å². The van der Waals surface area contributed by atoms with Crippen molar-refractivity contribution in [2.45, 2.75) is 29.5 Å². The highest BCUT2D eigenvalue weighted by Crippen LogP contribution is 2.38. The Morgan fingerprint density at radius 2 is 1.68 bits per heavy atom. The van der Waals surface area contributed by atoms with Gasteiger partial charge >= 0.3 is 5.97 Å². The van der Waals surface area contributed by atoms with Crippen LogP contribution in [0.2, 0.25) is 0 Å². The van der Waals surface area contributed by atoms with Gasteiger partial charge in [-0.3, -0.25) is 0 Å². The summed E-state index contributed by atoms with van der Waals surface area (Å²) in [5.41, 5.74) is 1.52. The Labute approximate surface area is 167 Å². The lowest BCUT2D eigenvalue weighted by molar-refractivity contribution is -0.149. The minimum absolute atomic E-state index is 0.0656. The topological polar surface area (TPSA) is 89.7 Å². The van der Waals surface area contributed by atoms with Crippen LogP contribution in [0.4, 0.5) is 4.39 Å². The molecule has 0 aliphatic carbocycles. The Kier molecular flexibility index (Phi) is 5.81. The monoisotopic (exact) mass is 424 g/mol. The summed E-state index contributed by atoms with van der Waals surface area (Å²) < 4.78 is 40.0. The van der Waals surface area contributed by atoms with E-state index in [1.807, 2.05) is 0 Å². The van der Waals surface area contributed by atoms with Crippen molar-refractivity contribution in [3.63, 3.8) is 0 Å². The fourth-order valence-corrected chi connectivity index (χ4v) is 6.36. The molecule has 2 aromatic rings. The minimum atomic E-state index is -3.94. The summed E-state index contributed by atoms with van der Waals surface area (Å²) in [5, 5.41) is 0. The molecule has 0 saturated carbocycles. The first-order chi connectivity index (χ1) is 13.2. The van der Waals surface area contributed by atoms with E-state index in [2.05, 4.69) is 4.84 Å². The van der Waals surface area contributed by atoms with E-state index in [9.17, 15) is 17.6 Å². The first-order valence-electron chi connectivity index (χ1n) is 8.59. The molecule has 1 heterocycles. The van der Waals surface area contributed by atoms with Crippen LogP contribution in [0, 0.1) is 5.82 Å². The highest BCUT2D eigenvalue weighted by Gasteiger charge is 2.49. The van der Waals surface area contributed by atoms with Gasteiger partial charge < -0.3 is 4.84 Å². The van der Waals surface area contributed by atoms with Gasteiger partial charge in [-0.05, 0) is 49.2 Å². The second-order valence-electron chi connectivity index (χ2n) is 6.94. The van der Waals surface area contributed by atoms with Gasteiger partial charge in [0.25, 0.3) is 0 Å². The second-order valence-corrected chi connectivity index (χ2v) is 10.6. The molecule has 6 nitrogen and oxygen atoms in total. The number of hydrogen-bond acceptors (Lipinski definition) is 6. The van der Waals surface area contributed by atoms with E-state index in [-0.39, 0.29) is 17.3 Å². The summed E-state index contributed by atoms with van der Waals surface area (Å²) in [4.78, 5) is 16.7. The van der Waals surface area contributed by atoms with E-state index in [1.54, 1.807) is 38.1 Å². The van der Waals surface area contributed by atoms with Gasteiger partial charge in [0.1, 0.15) is 11.9 Å². The van der Waals surface area contributed by atoms with Gasteiger partial charge in [0.05, 0.1) is 4.90 Å². The van der Waals surface area contributed by atoms with Crippen molar-refractivity contribution in [1.29, 1.82) is 0 Å². The molecule has 0 bridgehead atoms. The quantitative estimate of drug-likeness (QED) is 0.759. The molecule has 28 heavy (non-hydrogen) atoms. The number of halogens is 1. The van der Waals surface area contributed by atoms with E-state index in [0.717, 1.165) is 15.4 Å². The van der Waals surface area contributed by atoms with E-state index >= 15 is 0 Å². The Morgan fingerprint density at radius 3 is 2.21 bits per heavy atom. The van der Waals surface area contributed by atoms with E-state index in [0.29, 0.717) is 5.75 Å². The molecule has 0 unspecified atom stereocenters. The van der Waals surface area contributed by atoms with E-state index < -0.39 is 26.8 Å². The zero-order chi connectivity index (χ0) is 20.5. The van der Waals surface area contributed by atoms with Crippen molar-refractivity contribution in [3.8, 4) is 11.1 Å². The molecule has 0 spiro atoms. The zero-order valence-corrected chi connectivity index (χ0v) is 17.1. The van der Waals surface area contributed by atoms with Crippen molar-refractivity contribution >= 4 is 27.8 Å².